The largest absolute Gasteiger partial charge is 0.497 e. The maximum absolute atomic E-state index is 5.87. The maximum Gasteiger partial charge on any atom is 0.202 e. The van der Waals surface area contributed by atoms with E-state index >= 15 is 0 Å². The Hall–Kier alpha value is -1.86. The second kappa shape index (κ2) is 8.68. The van der Waals surface area contributed by atoms with Crippen molar-refractivity contribution in [3.8, 4) is 11.5 Å². The summed E-state index contributed by atoms with van der Waals surface area (Å²) in [5.74, 6) is 2.45. The van der Waals surface area contributed by atoms with E-state index in [9.17, 15) is 0 Å². The molecule has 1 saturated heterocycles. The van der Waals surface area contributed by atoms with Gasteiger partial charge in [-0.15, -0.1) is 5.10 Å². The minimum atomic E-state index is 0.395. The normalized spacial score (nSPS) is 20.1. The van der Waals surface area contributed by atoms with Crippen molar-refractivity contribution >= 4 is 12.2 Å². The quantitative estimate of drug-likeness (QED) is 0.753. The van der Waals surface area contributed by atoms with Gasteiger partial charge in [0, 0.05) is 7.05 Å². The molecule has 3 rings (SSSR count). The molecule has 2 aromatic rings. The average molecular weight is 378 g/mol. The van der Waals surface area contributed by atoms with E-state index in [4.69, 9.17) is 26.8 Å². The first-order valence-corrected chi connectivity index (χ1v) is 9.77. The molecule has 0 aliphatic carbocycles. The standard InChI is InChI=1S/C19H28N4O2S/c1-4-15-7-5-6-12-22(15)14-23-19(26)21(2)18(20-23)13-25-17-10-8-16(24-3)9-11-17/h8-11,15H,4-7,12-14H2,1-3H3/p+1/t15-/m1/s1. The number of hydrogen-bond acceptors (Lipinski definition) is 4. The van der Waals surface area contributed by atoms with Crippen LogP contribution in [0.2, 0.25) is 0 Å². The number of piperidine rings is 1. The highest BCUT2D eigenvalue weighted by Crippen LogP contribution is 2.18. The molecule has 2 heterocycles. The number of ether oxygens (including phenoxy) is 2. The number of benzene rings is 1. The number of nitrogens with zero attached hydrogens (tertiary/aromatic N) is 3. The number of quaternary nitrogens is 1. The molecule has 0 bridgehead atoms. The van der Waals surface area contributed by atoms with Crippen molar-refractivity contribution in [2.45, 2.75) is 51.9 Å². The van der Waals surface area contributed by atoms with Crippen molar-refractivity contribution < 1.29 is 14.4 Å². The molecule has 1 aromatic heterocycles. The molecule has 1 unspecified atom stereocenters. The second-order valence-electron chi connectivity index (χ2n) is 6.89. The van der Waals surface area contributed by atoms with Crippen LogP contribution in [0.1, 0.15) is 38.4 Å². The van der Waals surface area contributed by atoms with Gasteiger partial charge in [0.05, 0.1) is 19.7 Å². The molecule has 0 saturated carbocycles. The summed E-state index contributed by atoms with van der Waals surface area (Å²) in [6.45, 7) is 4.72. The fraction of sp³-hybridized carbons (Fsp3) is 0.579. The van der Waals surface area contributed by atoms with Gasteiger partial charge in [-0.05, 0) is 62.2 Å². The lowest BCUT2D eigenvalue weighted by Crippen LogP contribution is -3.15. The zero-order valence-corrected chi connectivity index (χ0v) is 16.7. The molecule has 7 heteroatoms. The molecule has 142 valence electrons. The summed E-state index contributed by atoms with van der Waals surface area (Å²) < 4.78 is 15.7. The number of likely N-dealkylation sites (tertiary alicyclic amines) is 1. The highest BCUT2D eigenvalue weighted by molar-refractivity contribution is 7.71. The first-order chi connectivity index (χ1) is 12.6. The number of methoxy groups -OCH3 is 1. The minimum Gasteiger partial charge on any atom is -0.497 e. The topological polar surface area (TPSA) is 45.6 Å². The Labute approximate surface area is 160 Å². The van der Waals surface area contributed by atoms with Gasteiger partial charge < -0.3 is 18.9 Å². The molecule has 1 aromatic carbocycles. The van der Waals surface area contributed by atoms with Crippen LogP contribution in [0.25, 0.3) is 0 Å². The summed E-state index contributed by atoms with van der Waals surface area (Å²) in [5, 5.41) is 4.73. The Morgan fingerprint density at radius 2 is 1.96 bits per heavy atom. The molecule has 1 aliphatic heterocycles. The van der Waals surface area contributed by atoms with Crippen LogP contribution in [0.15, 0.2) is 24.3 Å². The third-order valence-electron chi connectivity index (χ3n) is 5.28. The highest BCUT2D eigenvalue weighted by atomic mass is 32.1. The third kappa shape index (κ3) is 4.27. The lowest BCUT2D eigenvalue weighted by atomic mass is 10.0. The van der Waals surface area contributed by atoms with Crippen LogP contribution in [-0.2, 0) is 20.3 Å². The Balaban J connectivity index is 1.67. The smallest absolute Gasteiger partial charge is 0.202 e. The van der Waals surface area contributed by atoms with Crippen LogP contribution in [0.3, 0.4) is 0 Å². The van der Waals surface area contributed by atoms with Crippen molar-refractivity contribution in [2.24, 2.45) is 7.05 Å². The van der Waals surface area contributed by atoms with E-state index < -0.39 is 0 Å². The minimum absolute atomic E-state index is 0.395. The van der Waals surface area contributed by atoms with E-state index in [1.165, 1.54) is 32.2 Å². The lowest BCUT2D eigenvalue weighted by Gasteiger charge is -2.31. The van der Waals surface area contributed by atoms with Crippen LogP contribution in [0, 0.1) is 4.77 Å². The summed E-state index contributed by atoms with van der Waals surface area (Å²) >= 11 is 5.60. The van der Waals surface area contributed by atoms with E-state index in [1.54, 1.807) is 12.0 Å². The van der Waals surface area contributed by atoms with Crippen LogP contribution < -0.4 is 14.4 Å². The Morgan fingerprint density at radius 1 is 1.23 bits per heavy atom. The van der Waals surface area contributed by atoms with Crippen molar-refractivity contribution in [3.63, 3.8) is 0 Å². The van der Waals surface area contributed by atoms with E-state index in [1.807, 2.05) is 40.6 Å². The van der Waals surface area contributed by atoms with E-state index in [0.29, 0.717) is 12.6 Å². The molecule has 1 aliphatic rings. The van der Waals surface area contributed by atoms with Gasteiger partial charge in [0.15, 0.2) is 12.5 Å². The van der Waals surface area contributed by atoms with Gasteiger partial charge in [-0.2, -0.15) is 4.68 Å². The summed E-state index contributed by atoms with van der Waals surface area (Å²) in [5.41, 5.74) is 0. The summed E-state index contributed by atoms with van der Waals surface area (Å²) in [6, 6.07) is 8.28. The summed E-state index contributed by atoms with van der Waals surface area (Å²) in [6.07, 6.45) is 5.15. The van der Waals surface area contributed by atoms with Crippen molar-refractivity contribution in [2.75, 3.05) is 13.7 Å². The summed E-state index contributed by atoms with van der Waals surface area (Å²) in [7, 11) is 3.61. The van der Waals surface area contributed by atoms with Crippen molar-refractivity contribution in [3.05, 3.63) is 34.9 Å². The van der Waals surface area contributed by atoms with Gasteiger partial charge in [0.25, 0.3) is 0 Å². The molecule has 26 heavy (non-hydrogen) atoms. The van der Waals surface area contributed by atoms with Gasteiger partial charge in [-0.25, -0.2) is 0 Å². The SMILES string of the molecule is CC[C@@H]1CCCC[NH+]1Cn1nc(COc2ccc(OC)cc2)n(C)c1=S. The van der Waals surface area contributed by atoms with E-state index in [-0.39, 0.29) is 0 Å². The first-order valence-electron chi connectivity index (χ1n) is 9.36. The predicted octanol–water partition coefficient (Wildman–Crippen LogP) is 2.34. The number of nitrogens with one attached hydrogen (secondary N) is 1. The zero-order chi connectivity index (χ0) is 18.5. The fourth-order valence-electron chi connectivity index (χ4n) is 3.63. The van der Waals surface area contributed by atoms with Crippen LogP contribution in [-0.4, -0.2) is 34.0 Å². The van der Waals surface area contributed by atoms with Crippen molar-refractivity contribution in [1.82, 2.24) is 14.3 Å². The zero-order valence-electron chi connectivity index (χ0n) is 15.9. The number of rotatable bonds is 7. The van der Waals surface area contributed by atoms with Crippen molar-refractivity contribution in [1.29, 1.82) is 0 Å². The molecular weight excluding hydrogens is 348 g/mol. The molecule has 0 amide bonds. The fourth-order valence-corrected chi connectivity index (χ4v) is 3.84. The van der Waals surface area contributed by atoms with Gasteiger partial charge in [0.1, 0.15) is 18.1 Å². The molecule has 0 spiro atoms. The van der Waals surface area contributed by atoms with Gasteiger partial charge in [0.2, 0.25) is 4.77 Å². The van der Waals surface area contributed by atoms with Gasteiger partial charge >= 0.3 is 0 Å². The molecule has 6 nitrogen and oxygen atoms in total. The van der Waals surface area contributed by atoms with E-state index in [2.05, 4.69) is 6.92 Å². The Kier molecular flexibility index (Phi) is 6.32. The summed E-state index contributed by atoms with van der Waals surface area (Å²) in [4.78, 5) is 1.59. The molecular formula is C19H29N4O2S+. The highest BCUT2D eigenvalue weighted by Gasteiger charge is 2.25. The molecule has 1 fully saturated rings. The van der Waals surface area contributed by atoms with Crippen LogP contribution >= 0.6 is 12.2 Å². The Morgan fingerprint density at radius 3 is 2.65 bits per heavy atom. The number of hydrogen-bond donors (Lipinski definition) is 1. The van der Waals surface area contributed by atoms with Crippen LogP contribution in [0.5, 0.6) is 11.5 Å². The molecule has 1 N–H and O–H groups in total. The number of aromatic nitrogens is 3. The maximum atomic E-state index is 5.87. The third-order valence-corrected chi connectivity index (χ3v) is 5.77. The van der Waals surface area contributed by atoms with E-state index in [0.717, 1.165) is 28.8 Å². The predicted molar refractivity (Wildman–Crippen MR) is 103 cm³/mol. The Bertz CT molecular complexity index is 769. The van der Waals surface area contributed by atoms with Gasteiger partial charge in [-0.1, -0.05) is 6.92 Å². The average Bonchev–Trinajstić information content (AvgIpc) is 2.95. The monoisotopic (exact) mass is 377 g/mol. The first kappa shape index (κ1) is 18.9. The molecule has 0 radical (unpaired) electrons. The van der Waals surface area contributed by atoms with Gasteiger partial charge in [-0.3, -0.25) is 0 Å². The molecule has 2 atom stereocenters. The van der Waals surface area contributed by atoms with Crippen LogP contribution in [0.4, 0.5) is 0 Å². The second-order valence-corrected chi connectivity index (χ2v) is 7.25. The lowest BCUT2D eigenvalue weighted by molar-refractivity contribution is -0.953.